The van der Waals surface area contributed by atoms with Crippen molar-refractivity contribution in [1.29, 1.82) is 0 Å². The quantitative estimate of drug-likeness (QED) is 0.173. The third-order valence-electron chi connectivity index (χ3n) is 7.47. The SMILES string of the molecule is COc1ccc2ncc(Cl)c([C@@H](F)CCC3(CC(=O)O)CCN(CCCSc4ccccc4Cl)CC3)c2c1. The van der Waals surface area contributed by atoms with Crippen molar-refractivity contribution < 1.29 is 19.0 Å². The van der Waals surface area contributed by atoms with Gasteiger partial charge in [-0.15, -0.1) is 11.8 Å². The summed E-state index contributed by atoms with van der Waals surface area (Å²) < 4.78 is 21.1. The minimum atomic E-state index is -1.33. The molecule has 2 aromatic carbocycles. The largest absolute Gasteiger partial charge is 0.497 e. The highest BCUT2D eigenvalue weighted by atomic mass is 35.5. The summed E-state index contributed by atoms with van der Waals surface area (Å²) >= 11 is 14.4. The maximum Gasteiger partial charge on any atom is 0.303 e. The van der Waals surface area contributed by atoms with Gasteiger partial charge in [0.1, 0.15) is 11.9 Å². The minimum Gasteiger partial charge on any atom is -0.497 e. The van der Waals surface area contributed by atoms with E-state index < -0.39 is 17.6 Å². The number of carbonyl (C=O) groups is 1. The fraction of sp³-hybridized carbons (Fsp3) is 0.448. The van der Waals surface area contributed by atoms with Gasteiger partial charge in [-0.3, -0.25) is 9.78 Å². The van der Waals surface area contributed by atoms with Gasteiger partial charge in [-0.05, 0) is 93.2 Å². The highest BCUT2D eigenvalue weighted by Crippen LogP contribution is 2.44. The van der Waals surface area contributed by atoms with Crippen LogP contribution in [0.1, 0.15) is 50.3 Å². The monoisotopic (exact) mass is 578 g/mol. The van der Waals surface area contributed by atoms with E-state index in [4.69, 9.17) is 27.9 Å². The number of aliphatic carboxylic acids is 1. The summed E-state index contributed by atoms with van der Waals surface area (Å²) in [6.07, 6.45) is 3.39. The molecule has 1 fully saturated rings. The van der Waals surface area contributed by atoms with Gasteiger partial charge in [-0.2, -0.15) is 0 Å². The van der Waals surface area contributed by atoms with Crippen molar-refractivity contribution in [3.63, 3.8) is 0 Å². The number of hydrogen-bond donors (Lipinski definition) is 1. The van der Waals surface area contributed by atoms with Crippen LogP contribution in [0.15, 0.2) is 53.6 Å². The van der Waals surface area contributed by atoms with Gasteiger partial charge in [0.15, 0.2) is 0 Å². The highest BCUT2D eigenvalue weighted by molar-refractivity contribution is 7.99. The van der Waals surface area contributed by atoms with E-state index in [1.54, 1.807) is 37.1 Å². The number of rotatable bonds is 12. The number of fused-ring (bicyclic) bond motifs is 1. The van der Waals surface area contributed by atoms with E-state index in [-0.39, 0.29) is 17.9 Å². The van der Waals surface area contributed by atoms with Crippen LogP contribution in [-0.2, 0) is 4.79 Å². The number of thioether (sulfide) groups is 1. The fourth-order valence-electron chi connectivity index (χ4n) is 5.31. The first kappa shape index (κ1) is 28.9. The van der Waals surface area contributed by atoms with Crippen LogP contribution in [0.3, 0.4) is 0 Å². The molecule has 1 aliphatic rings. The van der Waals surface area contributed by atoms with Crippen molar-refractivity contribution in [3.05, 3.63) is 64.3 Å². The van der Waals surface area contributed by atoms with E-state index in [2.05, 4.69) is 9.88 Å². The van der Waals surface area contributed by atoms with Gasteiger partial charge < -0.3 is 14.7 Å². The summed E-state index contributed by atoms with van der Waals surface area (Å²) in [5, 5.41) is 11.3. The van der Waals surface area contributed by atoms with Gasteiger partial charge >= 0.3 is 5.97 Å². The second-order valence-electron chi connectivity index (χ2n) is 9.95. The Labute approximate surface area is 237 Å². The predicted molar refractivity (Wildman–Crippen MR) is 154 cm³/mol. The second kappa shape index (κ2) is 13.3. The molecule has 5 nitrogen and oxygen atoms in total. The summed E-state index contributed by atoms with van der Waals surface area (Å²) in [4.78, 5) is 19.6. The third-order valence-corrected chi connectivity index (χ3v) is 9.37. The average Bonchev–Trinajstić information content (AvgIpc) is 2.91. The number of piperidine rings is 1. The minimum absolute atomic E-state index is 0.0502. The van der Waals surface area contributed by atoms with Gasteiger partial charge in [0.25, 0.3) is 0 Å². The number of alkyl halides is 1. The van der Waals surface area contributed by atoms with Gasteiger partial charge in [0.05, 0.1) is 29.1 Å². The number of hydrogen-bond acceptors (Lipinski definition) is 5. The number of ether oxygens (including phenoxy) is 1. The molecule has 1 atom stereocenters. The van der Waals surface area contributed by atoms with E-state index in [0.29, 0.717) is 28.6 Å². The zero-order valence-electron chi connectivity index (χ0n) is 21.5. The molecule has 0 saturated carbocycles. The molecule has 204 valence electrons. The van der Waals surface area contributed by atoms with Crippen LogP contribution in [0.2, 0.25) is 10.0 Å². The number of carboxylic acids is 1. The molecule has 0 aliphatic carbocycles. The Hall–Kier alpha value is -2.06. The Kier molecular flexibility index (Phi) is 10.2. The Morgan fingerprint density at radius 3 is 2.68 bits per heavy atom. The van der Waals surface area contributed by atoms with Gasteiger partial charge in [-0.25, -0.2) is 4.39 Å². The lowest BCUT2D eigenvalue weighted by Gasteiger charge is -2.41. The Balaban J connectivity index is 1.35. The maximum atomic E-state index is 15.8. The second-order valence-corrected chi connectivity index (χ2v) is 11.9. The van der Waals surface area contributed by atoms with Gasteiger partial charge in [-0.1, -0.05) is 35.3 Å². The fourth-order valence-corrected chi connectivity index (χ4v) is 6.75. The summed E-state index contributed by atoms with van der Waals surface area (Å²) in [6, 6.07) is 13.2. The highest BCUT2D eigenvalue weighted by Gasteiger charge is 2.37. The zero-order chi connectivity index (χ0) is 27.1. The van der Waals surface area contributed by atoms with E-state index in [9.17, 15) is 9.90 Å². The molecule has 38 heavy (non-hydrogen) atoms. The number of methoxy groups -OCH3 is 1. The van der Waals surface area contributed by atoms with Crippen molar-refractivity contribution in [1.82, 2.24) is 9.88 Å². The molecule has 1 N–H and O–H groups in total. The number of carboxylic acid groups (broad SMARTS) is 1. The molecule has 1 aromatic heterocycles. The molecule has 2 heterocycles. The Bertz CT molecular complexity index is 1250. The smallest absolute Gasteiger partial charge is 0.303 e. The van der Waals surface area contributed by atoms with Crippen LogP contribution in [0.4, 0.5) is 4.39 Å². The summed E-state index contributed by atoms with van der Waals surface area (Å²) in [7, 11) is 1.56. The molecule has 3 aromatic rings. The van der Waals surface area contributed by atoms with Crippen LogP contribution in [-0.4, -0.2) is 53.5 Å². The predicted octanol–water partition coefficient (Wildman–Crippen LogP) is 8.08. The maximum absolute atomic E-state index is 15.8. The summed E-state index contributed by atoms with van der Waals surface area (Å²) in [5.74, 6) is 0.743. The third kappa shape index (κ3) is 7.32. The van der Waals surface area contributed by atoms with Crippen molar-refractivity contribution in [3.8, 4) is 5.75 Å². The van der Waals surface area contributed by atoms with Crippen molar-refractivity contribution in [2.24, 2.45) is 5.41 Å². The van der Waals surface area contributed by atoms with Crippen LogP contribution in [0.25, 0.3) is 10.9 Å². The van der Waals surface area contributed by atoms with Crippen molar-refractivity contribution in [2.45, 2.75) is 49.6 Å². The van der Waals surface area contributed by atoms with E-state index >= 15 is 4.39 Å². The van der Waals surface area contributed by atoms with Crippen molar-refractivity contribution >= 4 is 51.8 Å². The Morgan fingerprint density at radius 1 is 1.21 bits per heavy atom. The first-order valence-electron chi connectivity index (χ1n) is 12.9. The molecule has 4 rings (SSSR count). The molecule has 0 spiro atoms. The van der Waals surface area contributed by atoms with E-state index in [0.717, 1.165) is 54.6 Å². The molecular formula is C29H33Cl2FN2O3S. The zero-order valence-corrected chi connectivity index (χ0v) is 23.8. The molecule has 1 aliphatic heterocycles. The lowest BCUT2D eigenvalue weighted by atomic mass is 9.71. The summed E-state index contributed by atoms with van der Waals surface area (Å²) in [6.45, 7) is 2.58. The molecule has 1 saturated heterocycles. The lowest BCUT2D eigenvalue weighted by molar-refractivity contribution is -0.141. The molecular weight excluding hydrogens is 546 g/mol. The van der Waals surface area contributed by atoms with Crippen molar-refractivity contribution in [2.75, 3.05) is 32.5 Å². The van der Waals surface area contributed by atoms with E-state index in [1.807, 2.05) is 24.3 Å². The Morgan fingerprint density at radius 2 is 1.97 bits per heavy atom. The lowest BCUT2D eigenvalue weighted by Crippen LogP contribution is -2.41. The first-order chi connectivity index (χ1) is 18.3. The molecule has 9 heteroatoms. The topological polar surface area (TPSA) is 62.7 Å². The number of nitrogens with zero attached hydrogens (tertiary/aromatic N) is 2. The van der Waals surface area contributed by atoms with Crippen LogP contribution in [0, 0.1) is 5.41 Å². The molecule has 0 bridgehead atoms. The number of pyridine rings is 1. The number of halogens is 3. The normalized spacial score (nSPS) is 16.4. The van der Waals surface area contributed by atoms with Crippen LogP contribution in [0.5, 0.6) is 5.75 Å². The summed E-state index contributed by atoms with van der Waals surface area (Å²) in [5.41, 5.74) is 0.620. The first-order valence-corrected chi connectivity index (χ1v) is 14.6. The molecule has 0 amide bonds. The van der Waals surface area contributed by atoms with Gasteiger partial charge in [0, 0.05) is 22.0 Å². The molecule has 0 radical (unpaired) electrons. The van der Waals surface area contributed by atoms with Crippen LogP contribution >= 0.6 is 35.0 Å². The number of benzene rings is 2. The standard InChI is InChI=1S/C29H33Cl2FN2O3S/c1-37-20-7-8-25-21(17-20)28(23(31)19-33-25)24(32)9-10-29(18-27(35)36)11-14-34(15-12-29)13-4-16-38-26-6-3-2-5-22(26)30/h2-3,5-8,17,19,24H,4,9-16,18H2,1H3,(H,35,36)/t24-/m0/s1. The van der Waals surface area contributed by atoms with E-state index in [1.165, 1.54) is 6.20 Å². The average molecular weight is 580 g/mol. The van der Waals surface area contributed by atoms with Gasteiger partial charge in [0.2, 0.25) is 0 Å². The van der Waals surface area contributed by atoms with Crippen LogP contribution < -0.4 is 4.74 Å². The molecule has 0 unspecified atom stereocenters. The number of aromatic nitrogens is 1. The number of likely N-dealkylation sites (tertiary alicyclic amines) is 1.